The summed E-state index contributed by atoms with van der Waals surface area (Å²) in [5, 5.41) is 0.718. The number of hydrogen-bond donors (Lipinski definition) is 0. The Hall–Kier alpha value is -0.880. The van der Waals surface area contributed by atoms with Crippen LogP contribution in [-0.2, 0) is 4.74 Å². The largest absolute Gasteiger partial charge is 0.438 e. The van der Waals surface area contributed by atoms with Crippen molar-refractivity contribution in [1.29, 1.82) is 0 Å². The Morgan fingerprint density at radius 3 is 2.88 bits per heavy atom. The van der Waals surface area contributed by atoms with Crippen LogP contribution in [0.15, 0.2) is 10.8 Å². The zero-order valence-corrected chi connectivity index (χ0v) is 11.0. The number of aromatic nitrogens is 1. The summed E-state index contributed by atoms with van der Waals surface area (Å²) < 4.78 is 10.0. The molecule has 6 heteroatoms. The topological polar surface area (TPSA) is 55.6 Å². The van der Waals surface area contributed by atoms with Gasteiger partial charge in [0.25, 0.3) is 5.91 Å². The van der Waals surface area contributed by atoms with Crippen LogP contribution in [0.4, 0.5) is 0 Å². The molecule has 0 spiro atoms. The van der Waals surface area contributed by atoms with E-state index in [1.54, 1.807) is 18.9 Å². The van der Waals surface area contributed by atoms with E-state index in [1.807, 2.05) is 0 Å². The summed E-state index contributed by atoms with van der Waals surface area (Å²) in [5.74, 6) is 0.156. The second kappa shape index (κ2) is 6.65. The van der Waals surface area contributed by atoms with Crippen molar-refractivity contribution in [2.75, 3.05) is 32.1 Å². The maximum Gasteiger partial charge on any atom is 0.291 e. The van der Waals surface area contributed by atoms with E-state index in [1.165, 1.54) is 6.39 Å². The summed E-state index contributed by atoms with van der Waals surface area (Å²) in [4.78, 5) is 17.6. The fraction of sp³-hybridized carbons (Fsp3) is 0.600. The molecule has 0 aliphatic rings. The molecule has 0 fully saturated rings. The highest BCUT2D eigenvalue weighted by atomic mass is 79.9. The molecule has 0 radical (unpaired) electrons. The lowest BCUT2D eigenvalue weighted by Gasteiger charge is -2.20. The van der Waals surface area contributed by atoms with Crippen LogP contribution in [0.2, 0.25) is 0 Å². The lowest BCUT2D eigenvalue weighted by Crippen LogP contribution is -2.35. The third-order valence-corrected chi connectivity index (χ3v) is 2.50. The molecule has 0 aromatic carbocycles. The fourth-order valence-electron chi connectivity index (χ4n) is 1.27. The Bertz CT molecular complexity index is 341. The van der Waals surface area contributed by atoms with Crippen molar-refractivity contribution < 1.29 is 13.9 Å². The van der Waals surface area contributed by atoms with Crippen molar-refractivity contribution in [3.05, 3.63) is 17.8 Å². The number of methoxy groups -OCH3 is 1. The third-order valence-electron chi connectivity index (χ3n) is 2.15. The average Bonchev–Trinajstić information content (AvgIpc) is 2.69. The monoisotopic (exact) mass is 290 g/mol. The lowest BCUT2D eigenvalue weighted by molar-refractivity contribution is 0.0677. The number of rotatable bonds is 6. The summed E-state index contributed by atoms with van der Waals surface area (Å²) in [6.45, 7) is 3.41. The number of nitrogens with zero attached hydrogens (tertiary/aromatic N) is 2. The lowest BCUT2D eigenvalue weighted by atomic mass is 10.3. The number of ether oxygens (including phenoxy) is 1. The first kappa shape index (κ1) is 13.2. The van der Waals surface area contributed by atoms with Gasteiger partial charge < -0.3 is 14.1 Å². The number of carbonyl (C=O) groups excluding carboxylic acids is 1. The van der Waals surface area contributed by atoms with Crippen LogP contribution in [0.1, 0.15) is 16.2 Å². The van der Waals surface area contributed by atoms with Gasteiger partial charge in [-0.3, -0.25) is 4.79 Å². The smallest absolute Gasteiger partial charge is 0.291 e. The van der Waals surface area contributed by atoms with Crippen LogP contribution in [0.25, 0.3) is 0 Å². The van der Waals surface area contributed by atoms with Crippen LogP contribution in [0.5, 0.6) is 0 Å². The van der Waals surface area contributed by atoms with Gasteiger partial charge in [-0.25, -0.2) is 4.98 Å². The zero-order valence-electron chi connectivity index (χ0n) is 9.40. The third kappa shape index (κ3) is 3.31. The summed E-state index contributed by atoms with van der Waals surface area (Å²) in [7, 11) is 1.61. The molecular formula is C10H15BrN2O3. The highest BCUT2D eigenvalue weighted by Gasteiger charge is 2.20. The summed E-state index contributed by atoms with van der Waals surface area (Å²) >= 11 is 3.31. The zero-order chi connectivity index (χ0) is 12.0. The first-order valence-electron chi connectivity index (χ1n) is 4.95. The van der Waals surface area contributed by atoms with Crippen molar-refractivity contribution in [2.45, 2.75) is 6.92 Å². The molecule has 1 aromatic heterocycles. The van der Waals surface area contributed by atoms with Gasteiger partial charge in [-0.05, 0) is 6.92 Å². The molecular weight excluding hydrogens is 276 g/mol. The van der Waals surface area contributed by atoms with Crippen LogP contribution < -0.4 is 0 Å². The molecule has 0 aliphatic heterocycles. The maximum absolute atomic E-state index is 12.0. The number of hydrogen-bond acceptors (Lipinski definition) is 4. The van der Waals surface area contributed by atoms with Crippen LogP contribution >= 0.6 is 15.9 Å². The Morgan fingerprint density at radius 2 is 2.38 bits per heavy atom. The minimum absolute atomic E-state index is 0.147. The van der Waals surface area contributed by atoms with E-state index in [0.717, 1.165) is 5.33 Å². The number of halogens is 1. The average molecular weight is 291 g/mol. The van der Waals surface area contributed by atoms with Crippen LogP contribution in [-0.4, -0.2) is 47.9 Å². The van der Waals surface area contributed by atoms with Gasteiger partial charge in [0.1, 0.15) is 0 Å². The number of carbonyl (C=O) groups is 1. The van der Waals surface area contributed by atoms with Gasteiger partial charge in [0.2, 0.25) is 5.76 Å². The molecule has 0 saturated carbocycles. The van der Waals surface area contributed by atoms with E-state index in [0.29, 0.717) is 31.2 Å². The van der Waals surface area contributed by atoms with Crippen molar-refractivity contribution >= 4 is 21.8 Å². The minimum Gasteiger partial charge on any atom is -0.438 e. The van der Waals surface area contributed by atoms with E-state index in [4.69, 9.17) is 9.15 Å². The van der Waals surface area contributed by atoms with E-state index >= 15 is 0 Å². The minimum atomic E-state index is -0.147. The second-order valence-electron chi connectivity index (χ2n) is 3.24. The van der Waals surface area contributed by atoms with Crippen molar-refractivity contribution in [1.82, 2.24) is 9.88 Å². The highest BCUT2D eigenvalue weighted by Crippen LogP contribution is 2.09. The van der Waals surface area contributed by atoms with Gasteiger partial charge in [-0.15, -0.1) is 0 Å². The molecule has 0 bridgehead atoms. The normalized spacial score (nSPS) is 10.4. The molecule has 1 rings (SSSR count). The first-order chi connectivity index (χ1) is 7.70. The van der Waals surface area contributed by atoms with E-state index < -0.39 is 0 Å². The number of amides is 1. The van der Waals surface area contributed by atoms with Gasteiger partial charge in [0, 0.05) is 25.5 Å². The SMILES string of the molecule is COCCN(CCBr)C(=O)c1ocnc1C. The van der Waals surface area contributed by atoms with Crippen molar-refractivity contribution in [2.24, 2.45) is 0 Å². The predicted molar refractivity (Wildman–Crippen MR) is 62.8 cm³/mol. The standard InChI is InChI=1S/C10H15BrN2O3/c1-8-9(16-7-12-8)10(14)13(4-3-11)5-6-15-2/h7H,3-6H2,1-2H3. The van der Waals surface area contributed by atoms with Gasteiger partial charge in [0.15, 0.2) is 6.39 Å². The van der Waals surface area contributed by atoms with E-state index in [9.17, 15) is 4.79 Å². The van der Waals surface area contributed by atoms with Gasteiger partial charge >= 0.3 is 0 Å². The van der Waals surface area contributed by atoms with E-state index in [2.05, 4.69) is 20.9 Å². The predicted octanol–water partition coefficient (Wildman–Crippen LogP) is 1.47. The summed E-state index contributed by atoms with van der Waals surface area (Å²) in [5.41, 5.74) is 0.613. The molecule has 0 saturated heterocycles. The molecule has 0 aliphatic carbocycles. The molecule has 0 atom stereocenters. The van der Waals surface area contributed by atoms with Crippen LogP contribution in [0.3, 0.4) is 0 Å². The highest BCUT2D eigenvalue weighted by molar-refractivity contribution is 9.09. The van der Waals surface area contributed by atoms with E-state index in [-0.39, 0.29) is 5.91 Å². The van der Waals surface area contributed by atoms with Crippen molar-refractivity contribution in [3.63, 3.8) is 0 Å². The summed E-state index contributed by atoms with van der Waals surface area (Å²) in [6.07, 6.45) is 1.28. The van der Waals surface area contributed by atoms with Gasteiger partial charge in [0.05, 0.1) is 12.3 Å². The Labute approximate surface area is 103 Å². The molecule has 1 aromatic rings. The van der Waals surface area contributed by atoms with Gasteiger partial charge in [-0.1, -0.05) is 15.9 Å². The summed E-state index contributed by atoms with van der Waals surface area (Å²) in [6, 6.07) is 0. The molecule has 1 heterocycles. The Balaban J connectivity index is 2.70. The molecule has 1 amide bonds. The quantitative estimate of drug-likeness (QED) is 0.745. The van der Waals surface area contributed by atoms with Gasteiger partial charge in [-0.2, -0.15) is 0 Å². The Morgan fingerprint density at radius 1 is 1.62 bits per heavy atom. The Kier molecular flexibility index (Phi) is 5.48. The first-order valence-corrected chi connectivity index (χ1v) is 6.07. The fourth-order valence-corrected chi connectivity index (χ4v) is 1.70. The number of aryl methyl sites for hydroxylation is 1. The maximum atomic E-state index is 12.0. The number of oxazole rings is 1. The molecule has 16 heavy (non-hydrogen) atoms. The molecule has 0 N–H and O–H groups in total. The second-order valence-corrected chi connectivity index (χ2v) is 4.03. The number of alkyl halides is 1. The van der Waals surface area contributed by atoms with Crippen LogP contribution in [0, 0.1) is 6.92 Å². The molecule has 5 nitrogen and oxygen atoms in total. The molecule has 0 unspecified atom stereocenters. The van der Waals surface area contributed by atoms with Crippen molar-refractivity contribution in [3.8, 4) is 0 Å². The molecule has 90 valence electrons.